The zero-order valence-electron chi connectivity index (χ0n) is 7.80. The summed E-state index contributed by atoms with van der Waals surface area (Å²) in [6.45, 7) is 2.08. The number of benzene rings is 1. The fourth-order valence-corrected chi connectivity index (χ4v) is 1.70. The summed E-state index contributed by atoms with van der Waals surface area (Å²) in [5, 5.41) is 9.36. The standard InChI is InChI=1S/C10H13ClO2/c1-7-5-8(3-4-12)6-9(11)10(7)13-2/h5-6,12H,3-4H2,1-2H3. The lowest BCUT2D eigenvalue weighted by Gasteiger charge is -2.08. The van der Waals surface area contributed by atoms with E-state index in [2.05, 4.69) is 0 Å². The summed E-state index contributed by atoms with van der Waals surface area (Å²) < 4.78 is 5.11. The first-order valence-corrected chi connectivity index (χ1v) is 4.50. The summed E-state index contributed by atoms with van der Waals surface area (Å²) in [5.74, 6) is 0.711. The summed E-state index contributed by atoms with van der Waals surface area (Å²) in [6.07, 6.45) is 0.630. The topological polar surface area (TPSA) is 29.5 Å². The predicted molar refractivity (Wildman–Crippen MR) is 53.5 cm³/mol. The molecule has 0 saturated carbocycles. The van der Waals surface area contributed by atoms with E-state index in [1.807, 2.05) is 19.1 Å². The minimum Gasteiger partial charge on any atom is -0.495 e. The van der Waals surface area contributed by atoms with E-state index < -0.39 is 0 Å². The van der Waals surface area contributed by atoms with Crippen molar-refractivity contribution < 1.29 is 9.84 Å². The third-order valence-electron chi connectivity index (χ3n) is 1.89. The van der Waals surface area contributed by atoms with Crippen molar-refractivity contribution in [2.75, 3.05) is 13.7 Å². The van der Waals surface area contributed by atoms with Gasteiger partial charge in [0.1, 0.15) is 5.75 Å². The molecule has 2 nitrogen and oxygen atoms in total. The van der Waals surface area contributed by atoms with Crippen molar-refractivity contribution in [3.63, 3.8) is 0 Å². The second-order valence-electron chi connectivity index (χ2n) is 2.90. The van der Waals surface area contributed by atoms with Crippen LogP contribution in [0, 0.1) is 6.92 Å². The summed E-state index contributed by atoms with van der Waals surface area (Å²) in [4.78, 5) is 0. The van der Waals surface area contributed by atoms with E-state index in [0.29, 0.717) is 17.2 Å². The summed E-state index contributed by atoms with van der Waals surface area (Å²) in [7, 11) is 1.60. The number of hydrogen-bond donors (Lipinski definition) is 1. The third kappa shape index (κ3) is 2.36. The van der Waals surface area contributed by atoms with Gasteiger partial charge in [-0.2, -0.15) is 0 Å². The van der Waals surface area contributed by atoms with Gasteiger partial charge in [0.2, 0.25) is 0 Å². The molecule has 72 valence electrons. The van der Waals surface area contributed by atoms with Crippen molar-refractivity contribution in [1.82, 2.24) is 0 Å². The Morgan fingerprint density at radius 2 is 2.15 bits per heavy atom. The van der Waals surface area contributed by atoms with Crippen LogP contribution in [0.3, 0.4) is 0 Å². The lowest BCUT2D eigenvalue weighted by atomic mass is 10.1. The molecule has 0 fully saturated rings. The molecule has 1 aromatic carbocycles. The van der Waals surface area contributed by atoms with Gasteiger partial charge in [-0.05, 0) is 30.5 Å². The fraction of sp³-hybridized carbons (Fsp3) is 0.400. The number of aryl methyl sites for hydroxylation is 1. The Labute approximate surface area is 83.1 Å². The zero-order valence-corrected chi connectivity index (χ0v) is 8.56. The number of halogens is 1. The average Bonchev–Trinajstić information content (AvgIpc) is 2.04. The van der Waals surface area contributed by atoms with E-state index in [9.17, 15) is 0 Å². The highest BCUT2D eigenvalue weighted by atomic mass is 35.5. The minimum absolute atomic E-state index is 0.141. The van der Waals surface area contributed by atoms with E-state index in [0.717, 1.165) is 11.1 Å². The van der Waals surface area contributed by atoms with Crippen LogP contribution in [-0.4, -0.2) is 18.8 Å². The minimum atomic E-state index is 0.141. The first-order chi connectivity index (χ1) is 6.19. The van der Waals surface area contributed by atoms with Crippen LogP contribution in [0.2, 0.25) is 5.02 Å². The normalized spacial score (nSPS) is 10.2. The van der Waals surface area contributed by atoms with Gasteiger partial charge < -0.3 is 9.84 Å². The molecule has 0 spiro atoms. The first kappa shape index (κ1) is 10.4. The Morgan fingerprint density at radius 3 is 2.62 bits per heavy atom. The van der Waals surface area contributed by atoms with Crippen molar-refractivity contribution in [3.8, 4) is 5.75 Å². The van der Waals surface area contributed by atoms with Crippen LogP contribution in [0.4, 0.5) is 0 Å². The molecule has 0 atom stereocenters. The number of aliphatic hydroxyl groups is 1. The second kappa shape index (κ2) is 4.49. The average molecular weight is 201 g/mol. The Hall–Kier alpha value is -0.730. The van der Waals surface area contributed by atoms with Gasteiger partial charge in [-0.3, -0.25) is 0 Å². The zero-order chi connectivity index (χ0) is 9.84. The van der Waals surface area contributed by atoms with Crippen molar-refractivity contribution >= 4 is 11.6 Å². The molecule has 0 heterocycles. The van der Waals surface area contributed by atoms with Gasteiger partial charge in [-0.15, -0.1) is 0 Å². The number of methoxy groups -OCH3 is 1. The number of ether oxygens (including phenoxy) is 1. The molecular weight excluding hydrogens is 188 g/mol. The highest BCUT2D eigenvalue weighted by molar-refractivity contribution is 6.32. The molecule has 0 radical (unpaired) electrons. The molecule has 0 aliphatic heterocycles. The molecule has 0 saturated heterocycles. The highest BCUT2D eigenvalue weighted by Gasteiger charge is 2.05. The maximum Gasteiger partial charge on any atom is 0.140 e. The van der Waals surface area contributed by atoms with E-state index >= 15 is 0 Å². The molecule has 1 aromatic rings. The van der Waals surface area contributed by atoms with Crippen molar-refractivity contribution in [1.29, 1.82) is 0 Å². The monoisotopic (exact) mass is 200 g/mol. The maximum atomic E-state index is 8.75. The van der Waals surface area contributed by atoms with E-state index in [4.69, 9.17) is 21.4 Å². The fourth-order valence-electron chi connectivity index (χ4n) is 1.33. The van der Waals surface area contributed by atoms with Crippen molar-refractivity contribution in [3.05, 3.63) is 28.3 Å². The Balaban J connectivity index is 3.05. The molecule has 0 amide bonds. The maximum absolute atomic E-state index is 8.75. The molecule has 0 aliphatic carbocycles. The summed E-state index contributed by atoms with van der Waals surface area (Å²) in [5.41, 5.74) is 2.03. The van der Waals surface area contributed by atoms with E-state index in [1.54, 1.807) is 7.11 Å². The largest absolute Gasteiger partial charge is 0.495 e. The highest BCUT2D eigenvalue weighted by Crippen LogP contribution is 2.29. The molecular formula is C10H13ClO2. The van der Waals surface area contributed by atoms with Gasteiger partial charge in [0, 0.05) is 6.61 Å². The number of hydrogen-bond acceptors (Lipinski definition) is 2. The SMILES string of the molecule is COc1c(C)cc(CCO)cc1Cl. The first-order valence-electron chi connectivity index (χ1n) is 4.13. The van der Waals surface area contributed by atoms with Gasteiger partial charge in [0.15, 0.2) is 0 Å². The third-order valence-corrected chi connectivity index (χ3v) is 2.17. The lowest BCUT2D eigenvalue weighted by Crippen LogP contribution is -1.94. The van der Waals surface area contributed by atoms with Crippen LogP contribution in [0.5, 0.6) is 5.75 Å². The van der Waals surface area contributed by atoms with Gasteiger partial charge in [0.05, 0.1) is 12.1 Å². The van der Waals surface area contributed by atoms with E-state index in [1.165, 1.54) is 0 Å². The van der Waals surface area contributed by atoms with Crippen LogP contribution in [0.25, 0.3) is 0 Å². The van der Waals surface area contributed by atoms with Crippen molar-refractivity contribution in [2.45, 2.75) is 13.3 Å². The molecule has 0 unspecified atom stereocenters. The van der Waals surface area contributed by atoms with Crippen LogP contribution >= 0.6 is 11.6 Å². The summed E-state index contributed by atoms with van der Waals surface area (Å²) >= 11 is 5.96. The van der Waals surface area contributed by atoms with Crippen LogP contribution in [0.15, 0.2) is 12.1 Å². The Bertz CT molecular complexity index is 274. The Morgan fingerprint density at radius 1 is 1.46 bits per heavy atom. The molecule has 3 heteroatoms. The van der Waals surface area contributed by atoms with Crippen LogP contribution in [-0.2, 0) is 6.42 Å². The van der Waals surface area contributed by atoms with Crippen LogP contribution in [0.1, 0.15) is 11.1 Å². The molecule has 0 aromatic heterocycles. The quantitative estimate of drug-likeness (QED) is 0.811. The molecule has 0 aliphatic rings. The number of aliphatic hydroxyl groups excluding tert-OH is 1. The molecule has 0 bridgehead atoms. The van der Waals surface area contributed by atoms with Gasteiger partial charge in [-0.25, -0.2) is 0 Å². The van der Waals surface area contributed by atoms with Crippen molar-refractivity contribution in [2.24, 2.45) is 0 Å². The van der Waals surface area contributed by atoms with Gasteiger partial charge in [0.25, 0.3) is 0 Å². The lowest BCUT2D eigenvalue weighted by molar-refractivity contribution is 0.299. The molecule has 1 N–H and O–H groups in total. The summed E-state index contributed by atoms with van der Waals surface area (Å²) in [6, 6.07) is 3.80. The smallest absolute Gasteiger partial charge is 0.140 e. The van der Waals surface area contributed by atoms with Gasteiger partial charge >= 0.3 is 0 Å². The van der Waals surface area contributed by atoms with E-state index in [-0.39, 0.29) is 6.61 Å². The van der Waals surface area contributed by atoms with Gasteiger partial charge in [-0.1, -0.05) is 17.7 Å². The molecule has 1 rings (SSSR count). The van der Waals surface area contributed by atoms with Crippen LogP contribution < -0.4 is 4.74 Å². The second-order valence-corrected chi connectivity index (χ2v) is 3.31. The Kier molecular flexibility index (Phi) is 3.58. The predicted octanol–water partition coefficient (Wildman–Crippen LogP) is 2.19. The molecule has 13 heavy (non-hydrogen) atoms. The number of rotatable bonds is 3.